The minimum absolute atomic E-state index is 0.348. The van der Waals surface area contributed by atoms with Crippen molar-refractivity contribution in [3.8, 4) is 0 Å². The summed E-state index contributed by atoms with van der Waals surface area (Å²) in [6.45, 7) is 2.12. The van der Waals surface area contributed by atoms with Gasteiger partial charge in [0.25, 0.3) is 0 Å². The number of thiophene rings is 1. The van der Waals surface area contributed by atoms with Crippen LogP contribution in [0.3, 0.4) is 0 Å². The van der Waals surface area contributed by atoms with Gasteiger partial charge in [-0.05, 0) is 65.6 Å². The molecule has 0 radical (unpaired) electrons. The Morgan fingerprint density at radius 2 is 2.00 bits per heavy atom. The maximum absolute atomic E-state index is 5.90. The van der Waals surface area contributed by atoms with Gasteiger partial charge in [0.15, 0.2) is 0 Å². The second-order valence-electron chi connectivity index (χ2n) is 4.28. The van der Waals surface area contributed by atoms with E-state index in [1.807, 2.05) is 19.2 Å². The Balaban J connectivity index is 2.16. The van der Waals surface area contributed by atoms with Crippen LogP contribution in [0.1, 0.15) is 22.0 Å². The van der Waals surface area contributed by atoms with Crippen molar-refractivity contribution >= 4 is 38.9 Å². The molecule has 0 saturated carbocycles. The molecule has 96 valence electrons. The van der Waals surface area contributed by atoms with Gasteiger partial charge in [0.1, 0.15) is 0 Å². The predicted molar refractivity (Wildman–Crippen MR) is 83.7 cm³/mol. The molecule has 2 aromatic rings. The van der Waals surface area contributed by atoms with Gasteiger partial charge in [-0.3, -0.25) is 0 Å². The Labute approximate surface area is 125 Å². The maximum Gasteiger partial charge on any atom is 0.0731 e. The van der Waals surface area contributed by atoms with Gasteiger partial charge in [0.05, 0.1) is 3.79 Å². The van der Waals surface area contributed by atoms with Gasteiger partial charge in [-0.15, -0.1) is 11.3 Å². The fraction of sp³-hybridized carbons (Fsp3) is 0.286. The van der Waals surface area contributed by atoms with E-state index in [0.717, 1.165) is 11.4 Å². The van der Waals surface area contributed by atoms with Crippen LogP contribution in [0.5, 0.6) is 0 Å². The number of hydrogen-bond donors (Lipinski definition) is 1. The lowest BCUT2D eigenvalue weighted by molar-refractivity contribution is 0.602. The van der Waals surface area contributed by atoms with Crippen molar-refractivity contribution in [3.63, 3.8) is 0 Å². The van der Waals surface area contributed by atoms with Crippen molar-refractivity contribution in [2.24, 2.45) is 0 Å². The fourth-order valence-corrected chi connectivity index (χ4v) is 3.66. The Kier molecular flexibility index (Phi) is 4.84. The van der Waals surface area contributed by atoms with E-state index in [9.17, 15) is 0 Å². The number of aryl methyl sites for hydroxylation is 1. The highest BCUT2D eigenvalue weighted by Gasteiger charge is 2.14. The molecule has 1 nitrogen and oxygen atoms in total. The lowest BCUT2D eigenvalue weighted by atomic mass is 10.0. The third kappa shape index (κ3) is 3.35. The molecule has 0 bridgehead atoms. The topological polar surface area (TPSA) is 12.0 Å². The molecule has 18 heavy (non-hydrogen) atoms. The van der Waals surface area contributed by atoms with Crippen LogP contribution < -0.4 is 5.32 Å². The molecule has 1 atom stereocenters. The Bertz CT molecular complexity index is 502. The standard InChI is InChI=1S/C14H15BrClNS/c1-9-7-13(18-14(9)15)12(17-2)8-10-3-5-11(16)6-4-10/h3-7,12,17H,8H2,1-2H3. The third-order valence-corrected chi connectivity index (χ3v) is 5.42. The second-order valence-corrected chi connectivity index (χ2v) is 7.12. The van der Waals surface area contributed by atoms with Crippen LogP contribution in [-0.2, 0) is 6.42 Å². The number of nitrogens with one attached hydrogen (secondary N) is 1. The Morgan fingerprint density at radius 1 is 1.33 bits per heavy atom. The summed E-state index contributed by atoms with van der Waals surface area (Å²) < 4.78 is 1.22. The molecule has 0 aliphatic rings. The van der Waals surface area contributed by atoms with Crippen molar-refractivity contribution in [3.05, 3.63) is 55.1 Å². The zero-order valence-corrected chi connectivity index (χ0v) is 13.5. The van der Waals surface area contributed by atoms with E-state index in [1.54, 1.807) is 11.3 Å². The molecule has 0 spiro atoms. The van der Waals surface area contributed by atoms with E-state index in [2.05, 4.69) is 46.4 Å². The van der Waals surface area contributed by atoms with Gasteiger partial charge in [-0.2, -0.15) is 0 Å². The highest BCUT2D eigenvalue weighted by molar-refractivity contribution is 9.11. The highest BCUT2D eigenvalue weighted by Crippen LogP contribution is 2.32. The molecule has 0 amide bonds. The minimum atomic E-state index is 0.348. The number of rotatable bonds is 4. The van der Waals surface area contributed by atoms with E-state index in [1.165, 1.54) is 19.8 Å². The highest BCUT2D eigenvalue weighted by atomic mass is 79.9. The summed E-state index contributed by atoms with van der Waals surface area (Å²) in [4.78, 5) is 1.36. The van der Waals surface area contributed by atoms with Crippen LogP contribution in [0.4, 0.5) is 0 Å². The lowest BCUT2D eigenvalue weighted by Crippen LogP contribution is -2.17. The number of hydrogen-bond acceptors (Lipinski definition) is 2. The van der Waals surface area contributed by atoms with Crippen molar-refractivity contribution in [2.45, 2.75) is 19.4 Å². The summed E-state index contributed by atoms with van der Waals surface area (Å²) in [7, 11) is 2.00. The van der Waals surface area contributed by atoms with E-state index < -0.39 is 0 Å². The molecular formula is C14H15BrClNS. The molecule has 2 rings (SSSR count). The summed E-state index contributed by atoms with van der Waals surface area (Å²) in [5.41, 5.74) is 2.59. The van der Waals surface area contributed by atoms with Crippen LogP contribution in [0.2, 0.25) is 5.02 Å². The van der Waals surface area contributed by atoms with E-state index in [-0.39, 0.29) is 0 Å². The average molecular weight is 345 g/mol. The maximum atomic E-state index is 5.90. The Morgan fingerprint density at radius 3 is 2.50 bits per heavy atom. The van der Waals surface area contributed by atoms with Gasteiger partial charge in [-0.1, -0.05) is 23.7 Å². The molecule has 0 saturated heterocycles. The van der Waals surface area contributed by atoms with Crippen LogP contribution in [0.25, 0.3) is 0 Å². The van der Waals surface area contributed by atoms with Crippen LogP contribution in [0, 0.1) is 6.92 Å². The Hall–Kier alpha value is -0.350. The summed E-state index contributed by atoms with van der Waals surface area (Å²) >= 11 is 11.3. The first-order valence-corrected chi connectivity index (χ1v) is 7.76. The molecular weight excluding hydrogens is 330 g/mol. The van der Waals surface area contributed by atoms with E-state index in [0.29, 0.717) is 6.04 Å². The fourth-order valence-electron chi connectivity index (χ4n) is 1.86. The number of likely N-dealkylation sites (N-methyl/N-ethyl adjacent to an activating group) is 1. The van der Waals surface area contributed by atoms with Crippen molar-refractivity contribution < 1.29 is 0 Å². The van der Waals surface area contributed by atoms with Crippen molar-refractivity contribution in [2.75, 3.05) is 7.05 Å². The van der Waals surface area contributed by atoms with E-state index in [4.69, 9.17) is 11.6 Å². The largest absolute Gasteiger partial charge is 0.312 e. The molecule has 1 heterocycles. The van der Waals surface area contributed by atoms with Gasteiger partial charge in [-0.25, -0.2) is 0 Å². The second kappa shape index (κ2) is 6.20. The van der Waals surface area contributed by atoms with Crippen LogP contribution in [-0.4, -0.2) is 7.05 Å². The zero-order valence-electron chi connectivity index (χ0n) is 10.3. The molecule has 0 aliphatic carbocycles. The van der Waals surface area contributed by atoms with Gasteiger partial charge >= 0.3 is 0 Å². The zero-order chi connectivity index (χ0) is 13.1. The quantitative estimate of drug-likeness (QED) is 0.825. The van der Waals surface area contributed by atoms with Crippen LogP contribution in [0.15, 0.2) is 34.1 Å². The third-order valence-electron chi connectivity index (χ3n) is 2.92. The number of benzene rings is 1. The molecule has 1 aromatic carbocycles. The molecule has 1 aromatic heterocycles. The number of halogens is 2. The first kappa shape index (κ1) is 14.1. The van der Waals surface area contributed by atoms with Crippen molar-refractivity contribution in [1.29, 1.82) is 0 Å². The first-order chi connectivity index (χ1) is 8.60. The summed E-state index contributed by atoms with van der Waals surface area (Å²) in [6.07, 6.45) is 0.972. The normalized spacial score (nSPS) is 12.7. The molecule has 0 aliphatic heterocycles. The SMILES string of the molecule is CNC(Cc1ccc(Cl)cc1)c1cc(C)c(Br)s1. The van der Waals surface area contributed by atoms with E-state index >= 15 is 0 Å². The van der Waals surface area contributed by atoms with Crippen molar-refractivity contribution in [1.82, 2.24) is 5.32 Å². The monoisotopic (exact) mass is 343 g/mol. The van der Waals surface area contributed by atoms with Crippen LogP contribution >= 0.6 is 38.9 Å². The smallest absolute Gasteiger partial charge is 0.0731 e. The minimum Gasteiger partial charge on any atom is -0.312 e. The van der Waals surface area contributed by atoms with Gasteiger partial charge in [0.2, 0.25) is 0 Å². The summed E-state index contributed by atoms with van der Waals surface area (Å²) in [5, 5.41) is 4.17. The van der Waals surface area contributed by atoms with Gasteiger partial charge < -0.3 is 5.32 Å². The predicted octanol–water partition coefficient (Wildman–Crippen LogP) is 4.98. The first-order valence-electron chi connectivity index (χ1n) is 5.77. The molecule has 1 N–H and O–H groups in total. The van der Waals surface area contributed by atoms with Gasteiger partial charge in [0, 0.05) is 15.9 Å². The summed E-state index contributed by atoms with van der Waals surface area (Å²) in [5.74, 6) is 0. The molecule has 0 fully saturated rings. The molecule has 1 unspecified atom stereocenters. The summed E-state index contributed by atoms with van der Waals surface area (Å²) in [6, 6.07) is 10.6. The molecule has 4 heteroatoms. The lowest BCUT2D eigenvalue weighted by Gasteiger charge is -2.14. The average Bonchev–Trinajstić information content (AvgIpc) is 2.69.